The zero-order valence-electron chi connectivity index (χ0n) is 47.9. The van der Waals surface area contributed by atoms with Crippen molar-refractivity contribution in [3.8, 4) is 57.5 Å². The Morgan fingerprint density at radius 3 is 0.909 bits per heavy atom. The predicted octanol–water partition coefficient (Wildman–Crippen LogP) is 16.8. The van der Waals surface area contributed by atoms with E-state index in [1.807, 2.05) is 212 Å². The Balaban J connectivity index is 1.15. The summed E-state index contributed by atoms with van der Waals surface area (Å²) >= 11 is 7.34. The zero-order chi connectivity index (χ0) is 61.0. The SMILES string of the molecule is COC(=O)c1cc(Oc2c(C(=O)OC)cc(OCc3ccccc3)c(OCc3ccccc3)c2OCc2ccccc2)c(OCc2ccccc2)c(OC(=O)c2cc(OCc3ccccc3)c(OCc3ccccc3)c(OCc3ccccc3)c2Br)c1Br. The van der Waals surface area contributed by atoms with Crippen molar-refractivity contribution in [3.63, 3.8) is 0 Å². The quantitative estimate of drug-likeness (QED) is 0.0354. The first-order chi connectivity index (χ1) is 43.1. The Kier molecular flexibility index (Phi) is 21.1. The normalized spacial score (nSPS) is 10.7. The largest absolute Gasteiger partial charge is 0.485 e. The molecule has 10 rings (SSSR count). The number of benzene rings is 10. The van der Waals surface area contributed by atoms with Gasteiger partial charge >= 0.3 is 17.9 Å². The van der Waals surface area contributed by atoms with Gasteiger partial charge in [-0.05, 0) is 76.9 Å². The molecule has 0 unspecified atom stereocenters. The van der Waals surface area contributed by atoms with Gasteiger partial charge in [0.25, 0.3) is 0 Å². The van der Waals surface area contributed by atoms with Gasteiger partial charge in [-0.25, -0.2) is 14.4 Å². The molecule has 0 radical (unpaired) electrons. The molecule has 0 amide bonds. The Labute approximate surface area is 526 Å². The molecule has 0 saturated heterocycles. The molecular weight excluding hydrogens is 1250 g/mol. The van der Waals surface area contributed by atoms with Crippen molar-refractivity contribution >= 4 is 49.8 Å². The summed E-state index contributed by atoms with van der Waals surface area (Å²) in [6.45, 7) is 0.137. The highest BCUT2D eigenvalue weighted by molar-refractivity contribution is 9.11. The van der Waals surface area contributed by atoms with Crippen molar-refractivity contribution in [1.29, 1.82) is 0 Å². The van der Waals surface area contributed by atoms with Gasteiger partial charge < -0.3 is 52.1 Å². The first-order valence-electron chi connectivity index (χ1n) is 27.8. The van der Waals surface area contributed by atoms with E-state index in [0.29, 0.717) is 5.56 Å². The number of ether oxygens (including phenoxy) is 11. The Morgan fingerprint density at radius 1 is 0.284 bits per heavy atom. The number of carbonyl (C=O) groups excluding carboxylic acids is 3. The van der Waals surface area contributed by atoms with Crippen LogP contribution in [0.2, 0.25) is 0 Å². The van der Waals surface area contributed by atoms with E-state index in [9.17, 15) is 9.59 Å². The number of hydrogen-bond donors (Lipinski definition) is 0. The van der Waals surface area contributed by atoms with Crippen LogP contribution in [0.4, 0.5) is 0 Å². The minimum absolute atomic E-state index is 0.0191. The molecule has 10 aromatic rings. The lowest BCUT2D eigenvalue weighted by atomic mass is 10.1. The molecular formula is C72H58Br2O14. The van der Waals surface area contributed by atoms with Gasteiger partial charge in [-0.2, -0.15) is 0 Å². The van der Waals surface area contributed by atoms with E-state index in [1.165, 1.54) is 32.4 Å². The van der Waals surface area contributed by atoms with Crippen molar-refractivity contribution in [2.45, 2.75) is 46.2 Å². The monoisotopic (exact) mass is 1300 g/mol. The van der Waals surface area contributed by atoms with E-state index < -0.39 is 17.9 Å². The number of halogens is 2. The highest BCUT2D eigenvalue weighted by atomic mass is 79.9. The van der Waals surface area contributed by atoms with Gasteiger partial charge in [0.1, 0.15) is 51.8 Å². The van der Waals surface area contributed by atoms with Crippen LogP contribution in [0.15, 0.2) is 239 Å². The molecule has 16 heteroatoms. The van der Waals surface area contributed by atoms with Crippen molar-refractivity contribution in [2.75, 3.05) is 14.2 Å². The smallest absolute Gasteiger partial charge is 0.345 e. The molecule has 10 aromatic carbocycles. The summed E-state index contributed by atoms with van der Waals surface area (Å²) in [5.74, 6) is -3.20. The lowest BCUT2D eigenvalue weighted by Gasteiger charge is -2.24. The molecule has 0 fully saturated rings. The van der Waals surface area contributed by atoms with Crippen LogP contribution >= 0.6 is 31.9 Å². The number of carbonyl (C=O) groups is 3. The molecule has 0 aliphatic heterocycles. The van der Waals surface area contributed by atoms with Gasteiger partial charge in [0.05, 0.1) is 34.3 Å². The van der Waals surface area contributed by atoms with E-state index in [4.69, 9.17) is 52.1 Å². The topological polar surface area (TPSA) is 153 Å². The average Bonchev–Trinajstić information content (AvgIpc) is 1.14. The second-order valence-electron chi connectivity index (χ2n) is 19.6. The van der Waals surface area contributed by atoms with Crippen LogP contribution in [0, 0.1) is 0 Å². The zero-order valence-corrected chi connectivity index (χ0v) is 51.0. The molecule has 0 bridgehead atoms. The minimum atomic E-state index is -0.979. The third-order valence-electron chi connectivity index (χ3n) is 13.5. The van der Waals surface area contributed by atoms with Crippen molar-refractivity contribution in [2.24, 2.45) is 0 Å². The maximum absolute atomic E-state index is 15.5. The fourth-order valence-corrected chi connectivity index (χ4v) is 10.1. The van der Waals surface area contributed by atoms with Gasteiger partial charge in [-0.3, -0.25) is 0 Å². The number of rotatable bonds is 27. The van der Waals surface area contributed by atoms with Crippen LogP contribution in [-0.2, 0) is 55.7 Å². The van der Waals surface area contributed by atoms with Gasteiger partial charge in [-0.15, -0.1) is 0 Å². The second-order valence-corrected chi connectivity index (χ2v) is 21.2. The molecule has 88 heavy (non-hydrogen) atoms. The van der Waals surface area contributed by atoms with E-state index >= 15 is 4.79 Å². The molecule has 0 spiro atoms. The van der Waals surface area contributed by atoms with E-state index in [1.54, 1.807) is 0 Å². The fourth-order valence-electron chi connectivity index (χ4n) is 8.99. The highest BCUT2D eigenvalue weighted by Crippen LogP contribution is 2.54. The van der Waals surface area contributed by atoms with Gasteiger partial charge in [0, 0.05) is 12.1 Å². The number of hydrogen-bond acceptors (Lipinski definition) is 14. The molecule has 0 aliphatic carbocycles. The van der Waals surface area contributed by atoms with Crippen LogP contribution < -0.4 is 42.6 Å². The first kappa shape index (κ1) is 61.1. The first-order valence-corrected chi connectivity index (χ1v) is 29.4. The molecule has 0 atom stereocenters. The van der Waals surface area contributed by atoms with Crippen LogP contribution in [0.1, 0.15) is 70.0 Å². The standard InChI is InChI=1S/C72H58Br2O14/c1-78-70(75)55-39-60(87-63-57(71(76)79-2)40-59(81-42-49-26-12-4-13-27-49)65(83-44-51-30-16-6-17-31-51)69(63)86-47-54-36-22-9-23-37-54)66(84-45-52-32-18-7-19-33-52)68(62(55)74)88-72(77)56-38-58(80-41-48-24-10-3-11-25-48)64(82-43-50-28-14-5-15-29-50)67(61(56)73)85-46-53-34-20-8-21-35-53/h3-40H,41-47H2,1-2H3. The number of methoxy groups -OCH3 is 2. The van der Waals surface area contributed by atoms with Crippen LogP contribution in [-0.4, -0.2) is 32.1 Å². The molecule has 444 valence electrons. The Bertz CT molecular complexity index is 3950. The van der Waals surface area contributed by atoms with Gasteiger partial charge in [-0.1, -0.05) is 212 Å². The third-order valence-corrected chi connectivity index (χ3v) is 15.1. The third kappa shape index (κ3) is 15.7. The van der Waals surface area contributed by atoms with Crippen molar-refractivity contribution in [3.05, 3.63) is 295 Å². The molecule has 0 saturated carbocycles. The van der Waals surface area contributed by atoms with E-state index in [0.717, 1.165) is 33.4 Å². The predicted molar refractivity (Wildman–Crippen MR) is 338 cm³/mol. The summed E-state index contributed by atoms with van der Waals surface area (Å²) in [7, 11) is 2.42. The fraction of sp³-hybridized carbons (Fsp3) is 0.125. The summed E-state index contributed by atoms with van der Waals surface area (Å²) < 4.78 is 70.9. The highest BCUT2D eigenvalue weighted by Gasteiger charge is 2.34. The summed E-state index contributed by atoms with van der Waals surface area (Å²) in [5.41, 5.74) is 5.15. The van der Waals surface area contributed by atoms with Gasteiger partial charge in [0.15, 0.2) is 34.5 Å². The maximum atomic E-state index is 15.5. The molecule has 0 N–H and O–H groups in total. The molecule has 14 nitrogen and oxygen atoms in total. The van der Waals surface area contributed by atoms with Crippen molar-refractivity contribution < 1.29 is 66.5 Å². The molecule has 0 aliphatic rings. The molecule has 0 heterocycles. The Morgan fingerprint density at radius 2 is 0.545 bits per heavy atom. The average molecular weight is 1310 g/mol. The van der Waals surface area contributed by atoms with E-state index in [-0.39, 0.29) is 129 Å². The summed E-state index contributed by atoms with van der Waals surface area (Å²) in [6, 6.07) is 70.3. The van der Waals surface area contributed by atoms with Crippen molar-refractivity contribution in [1.82, 2.24) is 0 Å². The van der Waals surface area contributed by atoms with Gasteiger partial charge in [0.2, 0.25) is 23.0 Å². The summed E-state index contributed by atoms with van der Waals surface area (Å²) in [4.78, 5) is 44.1. The summed E-state index contributed by atoms with van der Waals surface area (Å²) in [6.07, 6.45) is 0. The van der Waals surface area contributed by atoms with Crippen LogP contribution in [0.5, 0.6) is 57.5 Å². The second kappa shape index (κ2) is 30.4. The van der Waals surface area contributed by atoms with Crippen LogP contribution in [0.25, 0.3) is 0 Å². The van der Waals surface area contributed by atoms with Crippen LogP contribution in [0.3, 0.4) is 0 Å². The molecule has 0 aromatic heterocycles. The number of esters is 3. The lowest BCUT2D eigenvalue weighted by Crippen LogP contribution is -2.15. The minimum Gasteiger partial charge on any atom is -0.485 e. The lowest BCUT2D eigenvalue weighted by molar-refractivity contribution is 0.0586. The Hall–Kier alpha value is -10.0. The summed E-state index contributed by atoms with van der Waals surface area (Å²) in [5, 5.41) is 0. The maximum Gasteiger partial charge on any atom is 0.345 e. The van der Waals surface area contributed by atoms with E-state index in [2.05, 4.69) is 31.9 Å².